The third-order valence-corrected chi connectivity index (χ3v) is 6.29. The van der Waals surface area contributed by atoms with Crippen molar-refractivity contribution in [3.05, 3.63) is 82.4 Å². The molecule has 0 saturated heterocycles. The van der Waals surface area contributed by atoms with Crippen molar-refractivity contribution in [2.75, 3.05) is 6.54 Å². The molecule has 0 saturated carbocycles. The molecule has 1 aliphatic carbocycles. The normalized spacial score (nSPS) is 14.4. The number of nitrogens with zero attached hydrogens (tertiary/aromatic N) is 1. The van der Waals surface area contributed by atoms with Gasteiger partial charge >= 0.3 is 0 Å². The Labute approximate surface area is 196 Å². The van der Waals surface area contributed by atoms with Crippen LogP contribution in [0.3, 0.4) is 0 Å². The number of amides is 2. The Morgan fingerprint density at radius 2 is 1.75 bits per heavy atom. The summed E-state index contributed by atoms with van der Waals surface area (Å²) in [6.07, 6.45) is 8.98. The zero-order chi connectivity index (χ0) is 22.8. The third kappa shape index (κ3) is 7.52. The summed E-state index contributed by atoms with van der Waals surface area (Å²) in [6, 6.07) is 16.8. The Morgan fingerprint density at radius 1 is 1.00 bits per heavy atom. The summed E-state index contributed by atoms with van der Waals surface area (Å²) in [5, 5.41) is 3.69. The molecule has 170 valence electrons. The van der Waals surface area contributed by atoms with E-state index < -0.39 is 6.04 Å². The molecular weight excluding hydrogens is 420 g/mol. The van der Waals surface area contributed by atoms with Gasteiger partial charge in [-0.05, 0) is 68.7 Å². The number of allylic oxidation sites excluding steroid dienone is 1. The van der Waals surface area contributed by atoms with Crippen LogP contribution in [0.25, 0.3) is 0 Å². The van der Waals surface area contributed by atoms with Gasteiger partial charge in [-0.1, -0.05) is 65.7 Å². The van der Waals surface area contributed by atoms with E-state index in [2.05, 4.69) is 11.4 Å². The maximum Gasteiger partial charge on any atom is 0.242 e. The monoisotopic (exact) mass is 452 g/mol. The van der Waals surface area contributed by atoms with Crippen molar-refractivity contribution >= 4 is 23.4 Å². The Balaban J connectivity index is 1.62. The van der Waals surface area contributed by atoms with Crippen LogP contribution in [0, 0.1) is 0 Å². The van der Waals surface area contributed by atoms with Gasteiger partial charge in [-0.3, -0.25) is 9.59 Å². The molecule has 4 nitrogen and oxygen atoms in total. The molecule has 1 N–H and O–H groups in total. The highest BCUT2D eigenvalue weighted by atomic mass is 35.5. The third-order valence-electron chi connectivity index (χ3n) is 6.03. The number of hydrogen-bond acceptors (Lipinski definition) is 2. The van der Waals surface area contributed by atoms with Gasteiger partial charge in [-0.2, -0.15) is 0 Å². The molecule has 0 bridgehead atoms. The quantitative estimate of drug-likeness (QED) is 0.470. The molecule has 1 aliphatic rings. The predicted molar refractivity (Wildman–Crippen MR) is 130 cm³/mol. The smallest absolute Gasteiger partial charge is 0.242 e. The molecule has 2 amide bonds. The summed E-state index contributed by atoms with van der Waals surface area (Å²) in [4.78, 5) is 27.8. The Kier molecular flexibility index (Phi) is 9.36. The maximum atomic E-state index is 13.2. The fraction of sp³-hybridized carbons (Fsp3) is 0.407. The van der Waals surface area contributed by atoms with Crippen LogP contribution in [0.2, 0.25) is 5.02 Å². The number of carbonyl (C=O) groups is 2. The summed E-state index contributed by atoms with van der Waals surface area (Å²) in [7, 11) is 0. The lowest BCUT2D eigenvalue weighted by molar-refractivity contribution is -0.140. The number of halogens is 1. The van der Waals surface area contributed by atoms with Crippen LogP contribution < -0.4 is 5.32 Å². The Hall–Kier alpha value is -2.59. The van der Waals surface area contributed by atoms with Gasteiger partial charge in [-0.25, -0.2) is 0 Å². The van der Waals surface area contributed by atoms with Gasteiger partial charge in [-0.15, -0.1) is 0 Å². The van der Waals surface area contributed by atoms with Gasteiger partial charge in [0, 0.05) is 24.5 Å². The minimum Gasteiger partial charge on any atom is -0.354 e. The molecular formula is C27H33ClN2O2. The van der Waals surface area contributed by atoms with E-state index >= 15 is 0 Å². The number of benzene rings is 2. The first-order valence-electron chi connectivity index (χ1n) is 11.6. The van der Waals surface area contributed by atoms with E-state index in [1.165, 1.54) is 18.4 Å². The number of nitrogens with one attached hydrogen (secondary N) is 1. The number of aryl methyl sites for hydroxylation is 1. The maximum absolute atomic E-state index is 13.2. The fourth-order valence-corrected chi connectivity index (χ4v) is 4.16. The number of carbonyl (C=O) groups excluding carboxylic acids is 2. The van der Waals surface area contributed by atoms with Gasteiger partial charge < -0.3 is 10.2 Å². The van der Waals surface area contributed by atoms with Crippen LogP contribution in [-0.2, 0) is 22.6 Å². The van der Waals surface area contributed by atoms with E-state index in [0.29, 0.717) is 31.0 Å². The second-order valence-electron chi connectivity index (χ2n) is 8.46. The van der Waals surface area contributed by atoms with Crippen LogP contribution in [0.5, 0.6) is 0 Å². The zero-order valence-corrected chi connectivity index (χ0v) is 19.6. The molecule has 3 rings (SSSR count). The molecule has 0 aromatic heterocycles. The number of hydrogen-bond donors (Lipinski definition) is 1. The summed E-state index contributed by atoms with van der Waals surface area (Å²) in [5.74, 6) is -0.134. The van der Waals surface area contributed by atoms with Crippen LogP contribution in [0.1, 0.15) is 56.6 Å². The van der Waals surface area contributed by atoms with Crippen LogP contribution in [0.15, 0.2) is 66.2 Å². The van der Waals surface area contributed by atoms with Crippen molar-refractivity contribution < 1.29 is 9.59 Å². The van der Waals surface area contributed by atoms with E-state index in [9.17, 15) is 9.59 Å². The lowest BCUT2D eigenvalue weighted by Gasteiger charge is -2.29. The van der Waals surface area contributed by atoms with E-state index in [-0.39, 0.29) is 11.8 Å². The second kappa shape index (κ2) is 12.4. The highest BCUT2D eigenvalue weighted by molar-refractivity contribution is 6.30. The SMILES string of the molecule is C[C@@H](C(=O)NCCC1=CCCCC1)N(Cc1ccc(Cl)cc1)C(=O)CCc1ccccc1. The van der Waals surface area contributed by atoms with Crippen molar-refractivity contribution in [3.8, 4) is 0 Å². The van der Waals surface area contributed by atoms with Crippen LogP contribution in [0.4, 0.5) is 0 Å². The molecule has 0 heterocycles. The Bertz CT molecular complexity index is 909. The zero-order valence-electron chi connectivity index (χ0n) is 18.9. The average molecular weight is 453 g/mol. The summed E-state index contributed by atoms with van der Waals surface area (Å²) in [6.45, 7) is 2.80. The fourth-order valence-electron chi connectivity index (χ4n) is 4.03. The molecule has 2 aromatic rings. The first-order valence-corrected chi connectivity index (χ1v) is 11.9. The van der Waals surface area contributed by atoms with Crippen LogP contribution in [-0.4, -0.2) is 29.3 Å². The summed E-state index contributed by atoms with van der Waals surface area (Å²) >= 11 is 6.01. The average Bonchev–Trinajstić information content (AvgIpc) is 2.83. The highest BCUT2D eigenvalue weighted by Crippen LogP contribution is 2.20. The second-order valence-corrected chi connectivity index (χ2v) is 8.90. The topological polar surface area (TPSA) is 49.4 Å². The van der Waals surface area contributed by atoms with Gasteiger partial charge in [0.2, 0.25) is 11.8 Å². The molecule has 0 spiro atoms. The molecule has 2 aromatic carbocycles. The van der Waals surface area contributed by atoms with E-state index in [1.807, 2.05) is 61.5 Å². The predicted octanol–water partition coefficient (Wildman–Crippen LogP) is 5.70. The lowest BCUT2D eigenvalue weighted by atomic mass is 9.97. The largest absolute Gasteiger partial charge is 0.354 e. The minimum absolute atomic E-state index is 0.0264. The molecule has 0 unspecified atom stereocenters. The molecule has 32 heavy (non-hydrogen) atoms. The number of rotatable bonds is 10. The highest BCUT2D eigenvalue weighted by Gasteiger charge is 2.25. The van der Waals surface area contributed by atoms with Crippen molar-refractivity contribution in [3.63, 3.8) is 0 Å². The molecule has 0 radical (unpaired) electrons. The Morgan fingerprint density at radius 3 is 2.44 bits per heavy atom. The van der Waals surface area contributed by atoms with E-state index in [0.717, 1.165) is 30.4 Å². The standard InChI is InChI=1S/C27H33ClN2O2/c1-21(27(32)29-19-18-23-10-6-3-7-11-23)30(20-24-12-15-25(28)16-13-24)26(31)17-14-22-8-4-2-5-9-22/h2,4-5,8-10,12-13,15-16,21H,3,6-7,11,14,17-20H2,1H3,(H,29,32)/t21-/m0/s1. The first kappa shape index (κ1) is 24.1. The van der Waals surface area contributed by atoms with Crippen LogP contribution >= 0.6 is 11.6 Å². The van der Waals surface area contributed by atoms with E-state index in [4.69, 9.17) is 11.6 Å². The van der Waals surface area contributed by atoms with Crippen molar-refractivity contribution in [2.24, 2.45) is 0 Å². The van der Waals surface area contributed by atoms with Gasteiger partial charge in [0.15, 0.2) is 0 Å². The van der Waals surface area contributed by atoms with Gasteiger partial charge in [0.1, 0.15) is 6.04 Å². The van der Waals surface area contributed by atoms with Crippen molar-refractivity contribution in [2.45, 2.75) is 64.5 Å². The van der Waals surface area contributed by atoms with Crippen molar-refractivity contribution in [1.29, 1.82) is 0 Å². The van der Waals surface area contributed by atoms with Crippen molar-refractivity contribution in [1.82, 2.24) is 10.2 Å². The molecule has 5 heteroatoms. The first-order chi connectivity index (χ1) is 15.5. The van der Waals surface area contributed by atoms with E-state index in [1.54, 1.807) is 4.90 Å². The molecule has 0 fully saturated rings. The molecule has 0 aliphatic heterocycles. The lowest BCUT2D eigenvalue weighted by Crippen LogP contribution is -2.47. The summed E-state index contributed by atoms with van der Waals surface area (Å²) in [5.41, 5.74) is 3.50. The minimum atomic E-state index is -0.547. The molecule has 1 atom stereocenters. The van der Waals surface area contributed by atoms with Gasteiger partial charge in [0.05, 0.1) is 0 Å². The summed E-state index contributed by atoms with van der Waals surface area (Å²) < 4.78 is 0. The van der Waals surface area contributed by atoms with Gasteiger partial charge in [0.25, 0.3) is 0 Å².